The fraction of sp³-hybridized carbons (Fsp3) is 0.500. The molecule has 0 aromatic heterocycles. The molecule has 2 aliphatic rings. The number of nitrogens with zero attached hydrogens (tertiary/aromatic N) is 1. The van der Waals surface area contributed by atoms with E-state index in [0.29, 0.717) is 18.7 Å². The summed E-state index contributed by atoms with van der Waals surface area (Å²) in [6.45, 7) is 2.23. The Labute approximate surface area is 219 Å². The van der Waals surface area contributed by atoms with E-state index in [4.69, 9.17) is 4.74 Å². The van der Waals surface area contributed by atoms with Crippen LogP contribution in [0.3, 0.4) is 0 Å². The van der Waals surface area contributed by atoms with Crippen LogP contribution in [0.4, 0.5) is 5.69 Å². The average molecular weight is 550 g/mol. The third kappa shape index (κ3) is 7.17. The number of ether oxygens (including phenoxy) is 1. The van der Waals surface area contributed by atoms with Crippen LogP contribution in [-0.4, -0.2) is 58.9 Å². The van der Waals surface area contributed by atoms with E-state index in [2.05, 4.69) is 10.0 Å². The van der Waals surface area contributed by atoms with Crippen LogP contribution in [0.1, 0.15) is 45.4 Å². The van der Waals surface area contributed by atoms with Crippen molar-refractivity contribution in [2.24, 2.45) is 5.92 Å². The van der Waals surface area contributed by atoms with Gasteiger partial charge in [0, 0.05) is 24.9 Å². The molecule has 11 heteroatoms. The van der Waals surface area contributed by atoms with Crippen LogP contribution in [-0.2, 0) is 29.6 Å². The van der Waals surface area contributed by atoms with Gasteiger partial charge in [0.25, 0.3) is 0 Å². The fourth-order valence-corrected chi connectivity index (χ4v) is 7.65. The number of carbonyl (C=O) groups excluding carboxylic acids is 1. The van der Waals surface area contributed by atoms with Gasteiger partial charge in [-0.2, -0.15) is 4.31 Å². The van der Waals surface area contributed by atoms with Crippen LogP contribution in [0.2, 0.25) is 0 Å². The van der Waals surface area contributed by atoms with Crippen molar-refractivity contribution in [1.29, 1.82) is 0 Å². The van der Waals surface area contributed by atoms with Crippen LogP contribution in [0, 0.1) is 5.92 Å². The molecule has 4 rings (SSSR count). The van der Waals surface area contributed by atoms with E-state index >= 15 is 0 Å². The first-order chi connectivity index (χ1) is 17.6. The first-order valence-corrected chi connectivity index (χ1v) is 15.7. The molecule has 2 aromatic carbocycles. The molecule has 1 aliphatic heterocycles. The lowest BCUT2D eigenvalue weighted by molar-refractivity contribution is -0.116. The molecule has 202 valence electrons. The molecule has 2 fully saturated rings. The first kappa shape index (κ1) is 27.7. The minimum atomic E-state index is -4.10. The first-order valence-electron chi connectivity index (χ1n) is 12.7. The lowest BCUT2D eigenvalue weighted by Crippen LogP contribution is -2.42. The standard InChI is InChI=1S/C26H35N3O6S2/c1-20-8-5-6-12-25(20)28-36(31,32)23-13-15-24(16-14-23)37(33,34)29(18-22-11-7-17-35-22)19-26(30)27-21-9-3-2-4-10-21/h2-4,9-10,13-16,20,22,25,28H,5-8,11-12,17-19H2,1H3,(H,27,30)/t20-,22-,25-/m0/s1. The second kappa shape index (κ2) is 12.0. The third-order valence-electron chi connectivity index (χ3n) is 7.00. The molecule has 3 atom stereocenters. The molecule has 1 amide bonds. The Morgan fingerprint density at radius 3 is 2.24 bits per heavy atom. The number of hydrogen-bond donors (Lipinski definition) is 2. The highest BCUT2D eigenvalue weighted by molar-refractivity contribution is 7.89. The van der Waals surface area contributed by atoms with E-state index in [1.807, 2.05) is 13.0 Å². The van der Waals surface area contributed by atoms with Gasteiger partial charge in [-0.15, -0.1) is 0 Å². The second-order valence-corrected chi connectivity index (χ2v) is 13.5. The van der Waals surface area contributed by atoms with Gasteiger partial charge in [0.05, 0.1) is 22.4 Å². The Hall–Kier alpha value is -2.31. The van der Waals surface area contributed by atoms with Gasteiger partial charge in [-0.1, -0.05) is 38.0 Å². The Balaban J connectivity index is 1.51. The maximum atomic E-state index is 13.6. The molecular weight excluding hydrogens is 514 g/mol. The predicted octanol–water partition coefficient (Wildman–Crippen LogP) is 3.35. The van der Waals surface area contributed by atoms with E-state index in [9.17, 15) is 21.6 Å². The van der Waals surface area contributed by atoms with Gasteiger partial charge in [-0.05, 0) is 68.0 Å². The van der Waals surface area contributed by atoms with Crippen molar-refractivity contribution in [2.45, 2.75) is 67.4 Å². The molecule has 1 heterocycles. The summed E-state index contributed by atoms with van der Waals surface area (Å²) in [6, 6.07) is 13.8. The summed E-state index contributed by atoms with van der Waals surface area (Å²) in [5.41, 5.74) is 0.566. The van der Waals surface area contributed by atoms with Gasteiger partial charge in [0.15, 0.2) is 0 Å². The van der Waals surface area contributed by atoms with Crippen molar-refractivity contribution < 1.29 is 26.4 Å². The number of para-hydroxylation sites is 1. The van der Waals surface area contributed by atoms with Crippen LogP contribution < -0.4 is 10.0 Å². The number of sulfonamides is 2. The number of anilines is 1. The molecule has 0 spiro atoms. The number of carbonyl (C=O) groups is 1. The lowest BCUT2D eigenvalue weighted by atomic mass is 9.87. The highest BCUT2D eigenvalue weighted by Gasteiger charge is 2.32. The second-order valence-electron chi connectivity index (χ2n) is 9.81. The number of amides is 1. The number of rotatable bonds is 10. The third-order valence-corrected chi connectivity index (χ3v) is 10.3. The van der Waals surface area contributed by atoms with Gasteiger partial charge >= 0.3 is 0 Å². The minimum absolute atomic E-state index is 0.0109. The zero-order chi connectivity index (χ0) is 26.5. The number of hydrogen-bond acceptors (Lipinski definition) is 6. The highest BCUT2D eigenvalue weighted by atomic mass is 32.2. The number of nitrogens with one attached hydrogen (secondary N) is 2. The van der Waals surface area contributed by atoms with Crippen molar-refractivity contribution in [3.05, 3.63) is 54.6 Å². The van der Waals surface area contributed by atoms with Crippen LogP contribution in [0.5, 0.6) is 0 Å². The zero-order valence-electron chi connectivity index (χ0n) is 21.0. The van der Waals surface area contributed by atoms with E-state index in [1.165, 1.54) is 24.3 Å². The highest BCUT2D eigenvalue weighted by Crippen LogP contribution is 2.26. The van der Waals surface area contributed by atoms with E-state index in [-0.39, 0.29) is 34.4 Å². The average Bonchev–Trinajstić information content (AvgIpc) is 3.39. The molecule has 1 aliphatic carbocycles. The van der Waals surface area contributed by atoms with Crippen molar-refractivity contribution in [3.8, 4) is 0 Å². The van der Waals surface area contributed by atoms with Crippen LogP contribution in [0.25, 0.3) is 0 Å². The molecule has 1 saturated carbocycles. The quantitative estimate of drug-likeness (QED) is 0.469. The topological polar surface area (TPSA) is 122 Å². The Bertz CT molecular complexity index is 1260. The largest absolute Gasteiger partial charge is 0.377 e. The molecule has 9 nitrogen and oxygen atoms in total. The fourth-order valence-electron chi connectivity index (χ4n) is 4.84. The Kier molecular flexibility index (Phi) is 9.02. The minimum Gasteiger partial charge on any atom is -0.377 e. The summed E-state index contributed by atoms with van der Waals surface area (Å²) in [6.07, 6.45) is 5.06. The summed E-state index contributed by atoms with van der Waals surface area (Å²) in [7, 11) is -7.89. The van der Waals surface area contributed by atoms with Crippen LogP contribution in [0.15, 0.2) is 64.4 Å². The SMILES string of the molecule is C[C@H]1CCCC[C@@H]1NS(=O)(=O)c1ccc(S(=O)(=O)N(CC(=O)Nc2ccccc2)C[C@@H]2CCCO2)cc1. The van der Waals surface area contributed by atoms with E-state index < -0.39 is 32.5 Å². The summed E-state index contributed by atoms with van der Waals surface area (Å²) < 4.78 is 62.5. The summed E-state index contributed by atoms with van der Waals surface area (Å²) in [4.78, 5) is 12.7. The van der Waals surface area contributed by atoms with Crippen LogP contribution >= 0.6 is 0 Å². The normalized spacial score (nSPS) is 22.7. The van der Waals surface area contributed by atoms with Gasteiger partial charge in [0.2, 0.25) is 26.0 Å². The molecule has 1 saturated heterocycles. The predicted molar refractivity (Wildman–Crippen MR) is 141 cm³/mol. The maximum absolute atomic E-state index is 13.6. The molecule has 2 aromatic rings. The molecular formula is C26H35N3O6S2. The monoisotopic (exact) mass is 549 g/mol. The number of benzene rings is 2. The molecule has 37 heavy (non-hydrogen) atoms. The van der Waals surface area contributed by atoms with Gasteiger partial charge < -0.3 is 10.1 Å². The van der Waals surface area contributed by atoms with E-state index in [1.54, 1.807) is 24.3 Å². The van der Waals surface area contributed by atoms with Gasteiger partial charge in [-0.3, -0.25) is 4.79 Å². The molecule has 0 unspecified atom stereocenters. The zero-order valence-corrected chi connectivity index (χ0v) is 22.6. The van der Waals surface area contributed by atoms with Crippen molar-refractivity contribution in [1.82, 2.24) is 9.03 Å². The van der Waals surface area contributed by atoms with Gasteiger partial charge in [0.1, 0.15) is 0 Å². The van der Waals surface area contributed by atoms with Crippen molar-refractivity contribution in [2.75, 3.05) is 25.0 Å². The molecule has 0 bridgehead atoms. The van der Waals surface area contributed by atoms with Crippen molar-refractivity contribution in [3.63, 3.8) is 0 Å². The Morgan fingerprint density at radius 2 is 1.59 bits per heavy atom. The maximum Gasteiger partial charge on any atom is 0.243 e. The van der Waals surface area contributed by atoms with Crippen molar-refractivity contribution >= 4 is 31.6 Å². The summed E-state index contributed by atoms with van der Waals surface area (Å²) in [5, 5.41) is 2.72. The Morgan fingerprint density at radius 1 is 0.919 bits per heavy atom. The molecule has 0 radical (unpaired) electrons. The van der Waals surface area contributed by atoms with E-state index in [0.717, 1.165) is 36.4 Å². The lowest BCUT2D eigenvalue weighted by Gasteiger charge is -2.29. The molecule has 2 N–H and O–H groups in total. The van der Waals surface area contributed by atoms with Gasteiger partial charge in [-0.25, -0.2) is 21.6 Å². The smallest absolute Gasteiger partial charge is 0.243 e. The summed E-state index contributed by atoms with van der Waals surface area (Å²) in [5.74, 6) is -0.227. The summed E-state index contributed by atoms with van der Waals surface area (Å²) >= 11 is 0.